The monoisotopic (exact) mass is 356 g/mol. The Morgan fingerprint density at radius 3 is 2.38 bits per heavy atom. The number of nitrogens with zero attached hydrogens (tertiary/aromatic N) is 1. The molecule has 1 aliphatic rings. The Morgan fingerprint density at radius 1 is 1.12 bits per heavy atom. The van der Waals surface area contributed by atoms with Crippen LogP contribution in [0.15, 0.2) is 41.1 Å². The van der Waals surface area contributed by atoms with E-state index in [9.17, 15) is 9.59 Å². The molecule has 0 spiro atoms. The van der Waals surface area contributed by atoms with Crippen LogP contribution >= 0.6 is 0 Å². The molecular formula is C19H24N4O3. The summed E-state index contributed by atoms with van der Waals surface area (Å²) in [6, 6.07) is 9.02. The number of rotatable bonds is 5. The van der Waals surface area contributed by atoms with Crippen molar-refractivity contribution in [1.29, 1.82) is 0 Å². The first-order chi connectivity index (χ1) is 12.5. The number of hydrogen-bond donors (Lipinski definition) is 3. The summed E-state index contributed by atoms with van der Waals surface area (Å²) in [5, 5.41) is 12.8. The van der Waals surface area contributed by atoms with Crippen LogP contribution in [0.3, 0.4) is 0 Å². The molecule has 26 heavy (non-hydrogen) atoms. The zero-order valence-electron chi connectivity index (χ0n) is 15.0. The lowest BCUT2D eigenvalue weighted by atomic mass is 9.80. The number of aromatic nitrogens is 1. The van der Waals surface area contributed by atoms with Crippen LogP contribution in [0.25, 0.3) is 0 Å². The van der Waals surface area contributed by atoms with Gasteiger partial charge < -0.3 is 20.5 Å². The summed E-state index contributed by atoms with van der Waals surface area (Å²) in [4.78, 5) is 24.6. The minimum Gasteiger partial charge on any atom is -0.388 e. The highest BCUT2D eigenvalue weighted by molar-refractivity contribution is 5.95. The first kappa shape index (κ1) is 18.0. The number of nitrogens with one attached hydrogen (secondary N) is 3. The number of benzene rings is 1. The third kappa shape index (κ3) is 4.22. The molecule has 0 unspecified atom stereocenters. The van der Waals surface area contributed by atoms with Gasteiger partial charge in [0.25, 0.3) is 11.8 Å². The molecule has 7 heteroatoms. The Bertz CT molecular complexity index is 748. The number of hydrogen-bond acceptors (Lipinski definition) is 5. The van der Waals surface area contributed by atoms with Gasteiger partial charge in [-0.25, -0.2) is 0 Å². The summed E-state index contributed by atoms with van der Waals surface area (Å²) in [5.41, 5.74) is 1.63. The van der Waals surface area contributed by atoms with Gasteiger partial charge in [0.2, 0.25) is 0 Å². The van der Waals surface area contributed by atoms with Crippen molar-refractivity contribution >= 4 is 17.5 Å². The van der Waals surface area contributed by atoms with Crippen molar-refractivity contribution in [2.45, 2.75) is 44.2 Å². The van der Waals surface area contributed by atoms with Crippen molar-refractivity contribution in [3.63, 3.8) is 0 Å². The molecule has 1 aliphatic carbocycles. The van der Waals surface area contributed by atoms with Gasteiger partial charge >= 0.3 is 0 Å². The second-order valence-corrected chi connectivity index (χ2v) is 6.97. The Balaban J connectivity index is 1.52. The highest BCUT2D eigenvalue weighted by atomic mass is 16.5. The van der Waals surface area contributed by atoms with Gasteiger partial charge in [-0.1, -0.05) is 5.16 Å². The van der Waals surface area contributed by atoms with E-state index >= 15 is 0 Å². The molecular weight excluding hydrogens is 332 g/mol. The average Bonchev–Trinajstić information content (AvgIpc) is 3.18. The molecule has 3 rings (SSSR count). The maximum absolute atomic E-state index is 12.5. The molecule has 7 nitrogen and oxygen atoms in total. The maximum Gasteiger partial charge on any atom is 0.273 e. The predicted molar refractivity (Wildman–Crippen MR) is 98.1 cm³/mol. The zero-order valence-corrected chi connectivity index (χ0v) is 15.0. The Morgan fingerprint density at radius 2 is 1.81 bits per heavy atom. The largest absolute Gasteiger partial charge is 0.388 e. The van der Waals surface area contributed by atoms with E-state index < -0.39 is 0 Å². The van der Waals surface area contributed by atoms with E-state index in [0.717, 1.165) is 31.4 Å². The van der Waals surface area contributed by atoms with E-state index in [2.05, 4.69) is 28.0 Å². The normalized spacial score (nSPS) is 22.5. The van der Waals surface area contributed by atoms with Gasteiger partial charge in [0, 0.05) is 35.9 Å². The number of amides is 2. The van der Waals surface area contributed by atoms with Crippen LogP contribution in [0, 0.1) is 0 Å². The van der Waals surface area contributed by atoms with E-state index in [1.54, 1.807) is 6.07 Å². The van der Waals surface area contributed by atoms with Gasteiger partial charge in [0.15, 0.2) is 5.69 Å². The van der Waals surface area contributed by atoms with Crippen molar-refractivity contribution in [1.82, 2.24) is 15.8 Å². The molecule has 138 valence electrons. The lowest BCUT2D eigenvalue weighted by Gasteiger charge is -2.38. The summed E-state index contributed by atoms with van der Waals surface area (Å²) in [6.45, 7) is 2.06. The minimum atomic E-state index is -0.270. The lowest BCUT2D eigenvalue weighted by Crippen LogP contribution is -2.51. The van der Waals surface area contributed by atoms with E-state index in [1.165, 1.54) is 6.26 Å². The van der Waals surface area contributed by atoms with Crippen LogP contribution in [0.4, 0.5) is 5.69 Å². The minimum absolute atomic E-state index is 0.0692. The summed E-state index contributed by atoms with van der Waals surface area (Å²) in [6.07, 6.45) is 4.60. The van der Waals surface area contributed by atoms with Crippen molar-refractivity contribution < 1.29 is 14.1 Å². The smallest absolute Gasteiger partial charge is 0.273 e. The molecule has 2 amide bonds. The van der Waals surface area contributed by atoms with Crippen LogP contribution in [0.5, 0.6) is 0 Å². The fraction of sp³-hybridized carbons (Fsp3) is 0.421. The molecule has 0 saturated heterocycles. The van der Waals surface area contributed by atoms with E-state index in [1.807, 2.05) is 31.3 Å². The van der Waals surface area contributed by atoms with Crippen LogP contribution in [-0.2, 0) is 0 Å². The number of carbonyl (C=O) groups excluding carboxylic acids is 2. The zero-order chi connectivity index (χ0) is 18.6. The van der Waals surface area contributed by atoms with Gasteiger partial charge in [-0.05, 0) is 56.9 Å². The van der Waals surface area contributed by atoms with Crippen LogP contribution in [-0.4, -0.2) is 35.6 Å². The molecule has 1 saturated carbocycles. The Labute approximate surface area is 152 Å². The highest BCUT2D eigenvalue weighted by Crippen LogP contribution is 2.28. The molecule has 1 heterocycles. The Kier molecular flexibility index (Phi) is 5.25. The molecule has 1 aromatic carbocycles. The summed E-state index contributed by atoms with van der Waals surface area (Å²) >= 11 is 0. The first-order valence-corrected chi connectivity index (χ1v) is 8.81. The molecule has 1 aromatic heterocycles. The van der Waals surface area contributed by atoms with Gasteiger partial charge in [-0.3, -0.25) is 9.59 Å². The standard InChI is InChI=1S/C19H24N4O3/c1-19(22-17(24)13-3-5-14(20-2)6-4-13)10-7-15(8-11-19)21-18(25)16-9-12-26-23-16/h3-6,9,12,15,20H,7-8,10-11H2,1-2H3,(H,21,25)(H,22,24). The third-order valence-corrected chi connectivity index (χ3v) is 4.95. The predicted octanol–water partition coefficient (Wildman–Crippen LogP) is 2.58. The molecule has 0 bridgehead atoms. The van der Waals surface area contributed by atoms with Crippen LogP contribution in [0.1, 0.15) is 53.5 Å². The summed E-state index contributed by atoms with van der Waals surface area (Å²) < 4.78 is 4.70. The lowest BCUT2D eigenvalue weighted by molar-refractivity contribution is 0.0840. The number of carbonyl (C=O) groups is 2. The molecule has 2 aromatic rings. The fourth-order valence-corrected chi connectivity index (χ4v) is 3.25. The summed E-state index contributed by atoms with van der Waals surface area (Å²) in [7, 11) is 1.84. The summed E-state index contributed by atoms with van der Waals surface area (Å²) in [5.74, 6) is -0.291. The second kappa shape index (κ2) is 7.59. The van der Waals surface area contributed by atoms with Crippen molar-refractivity contribution in [2.75, 3.05) is 12.4 Å². The third-order valence-electron chi connectivity index (χ3n) is 4.95. The maximum atomic E-state index is 12.5. The van der Waals surface area contributed by atoms with Gasteiger partial charge in [-0.2, -0.15) is 0 Å². The second-order valence-electron chi connectivity index (χ2n) is 6.97. The van der Waals surface area contributed by atoms with Crippen molar-refractivity contribution in [2.24, 2.45) is 0 Å². The molecule has 0 radical (unpaired) electrons. The quantitative estimate of drug-likeness (QED) is 0.765. The SMILES string of the molecule is CNc1ccc(C(=O)NC2(C)CCC(NC(=O)c3ccon3)CC2)cc1. The van der Waals surface area contributed by atoms with Gasteiger partial charge in [0.1, 0.15) is 6.26 Å². The fourth-order valence-electron chi connectivity index (χ4n) is 3.25. The van der Waals surface area contributed by atoms with Gasteiger partial charge in [-0.15, -0.1) is 0 Å². The Hall–Kier alpha value is -2.83. The van der Waals surface area contributed by atoms with Crippen LogP contribution < -0.4 is 16.0 Å². The van der Waals surface area contributed by atoms with Gasteiger partial charge in [0.05, 0.1) is 0 Å². The average molecular weight is 356 g/mol. The van der Waals surface area contributed by atoms with Crippen LogP contribution in [0.2, 0.25) is 0 Å². The number of anilines is 1. The molecule has 0 aliphatic heterocycles. The van der Waals surface area contributed by atoms with E-state index in [0.29, 0.717) is 5.56 Å². The van der Waals surface area contributed by atoms with Crippen molar-refractivity contribution in [3.05, 3.63) is 47.9 Å². The first-order valence-electron chi connectivity index (χ1n) is 8.81. The molecule has 0 atom stereocenters. The van der Waals surface area contributed by atoms with E-state index in [-0.39, 0.29) is 29.1 Å². The van der Waals surface area contributed by atoms with Crippen molar-refractivity contribution in [3.8, 4) is 0 Å². The topological polar surface area (TPSA) is 96.3 Å². The molecule has 3 N–H and O–H groups in total. The molecule has 1 fully saturated rings. The van der Waals surface area contributed by atoms with E-state index in [4.69, 9.17) is 4.52 Å². The highest BCUT2D eigenvalue weighted by Gasteiger charge is 2.33.